The molecule has 3 rings (SSSR count). The molecule has 1 heterocycles. The van der Waals surface area contributed by atoms with Crippen molar-refractivity contribution < 1.29 is 14.8 Å². The maximum atomic E-state index is 11.1. The Morgan fingerprint density at radius 3 is 2.65 bits per heavy atom. The summed E-state index contributed by atoms with van der Waals surface area (Å²) in [7, 11) is 0. The first-order valence-corrected chi connectivity index (χ1v) is 8.16. The van der Waals surface area contributed by atoms with E-state index in [1.165, 1.54) is 12.1 Å². The zero-order chi connectivity index (χ0) is 18.5. The zero-order valence-corrected chi connectivity index (χ0v) is 14.2. The lowest BCUT2D eigenvalue weighted by molar-refractivity contribution is -0.384. The first-order valence-electron chi connectivity index (χ1n) is 8.16. The fraction of sp³-hybridized carbons (Fsp3) is 0.222. The van der Waals surface area contributed by atoms with Crippen LogP contribution in [0.1, 0.15) is 6.92 Å². The van der Waals surface area contributed by atoms with Crippen molar-refractivity contribution in [3.8, 4) is 5.88 Å². The molecule has 0 bridgehead atoms. The molecule has 0 fully saturated rings. The van der Waals surface area contributed by atoms with E-state index >= 15 is 0 Å². The molecule has 2 aromatic carbocycles. The minimum atomic E-state index is -0.514. The van der Waals surface area contributed by atoms with Crippen LogP contribution in [-0.4, -0.2) is 27.8 Å². The monoisotopic (exact) mass is 354 g/mol. The van der Waals surface area contributed by atoms with Crippen LogP contribution in [0.3, 0.4) is 0 Å². The van der Waals surface area contributed by atoms with Gasteiger partial charge in [-0.25, -0.2) is 0 Å². The molecular weight excluding hydrogens is 336 g/mol. The van der Waals surface area contributed by atoms with Gasteiger partial charge in [0.1, 0.15) is 0 Å². The third-order valence-electron chi connectivity index (χ3n) is 3.92. The van der Waals surface area contributed by atoms with Gasteiger partial charge in [0.2, 0.25) is 5.88 Å². The second kappa shape index (κ2) is 7.75. The molecule has 0 unspecified atom stereocenters. The van der Waals surface area contributed by atoms with Crippen LogP contribution in [0.15, 0.2) is 58.8 Å². The average molecular weight is 354 g/mol. The summed E-state index contributed by atoms with van der Waals surface area (Å²) in [4.78, 5) is 10.6. The van der Waals surface area contributed by atoms with Crippen LogP contribution in [0, 0.1) is 10.1 Å². The number of aromatic nitrogens is 1. The number of nitro benzene ring substituents is 1. The van der Waals surface area contributed by atoms with Gasteiger partial charge in [-0.05, 0) is 19.1 Å². The van der Waals surface area contributed by atoms with Gasteiger partial charge in [-0.2, -0.15) is 0 Å². The number of azo groups is 1. The Balaban J connectivity index is 2.03. The Kier molecular flexibility index (Phi) is 5.23. The zero-order valence-electron chi connectivity index (χ0n) is 14.2. The maximum Gasteiger partial charge on any atom is 0.296 e. The molecule has 0 saturated heterocycles. The van der Waals surface area contributed by atoms with Crippen LogP contribution in [0.4, 0.5) is 17.1 Å². The summed E-state index contributed by atoms with van der Waals surface area (Å²) in [6.45, 7) is 3.40. The van der Waals surface area contributed by atoms with E-state index in [-0.39, 0.29) is 22.9 Å². The smallest absolute Gasteiger partial charge is 0.296 e. The van der Waals surface area contributed by atoms with Gasteiger partial charge in [-0.3, -0.25) is 10.1 Å². The van der Waals surface area contributed by atoms with E-state index in [9.17, 15) is 15.2 Å². The Hall–Kier alpha value is -3.26. The van der Waals surface area contributed by atoms with Gasteiger partial charge in [0.15, 0.2) is 11.4 Å². The molecule has 1 N–H and O–H groups in total. The number of ether oxygens (including phenoxy) is 1. The highest BCUT2D eigenvalue weighted by Gasteiger charge is 2.17. The molecule has 0 aliphatic carbocycles. The molecule has 0 amide bonds. The van der Waals surface area contributed by atoms with Crippen LogP contribution in [-0.2, 0) is 11.3 Å². The predicted molar refractivity (Wildman–Crippen MR) is 97.4 cm³/mol. The van der Waals surface area contributed by atoms with Gasteiger partial charge in [-0.1, -0.05) is 30.3 Å². The van der Waals surface area contributed by atoms with E-state index in [1.54, 1.807) is 16.7 Å². The summed E-state index contributed by atoms with van der Waals surface area (Å²) >= 11 is 0. The molecule has 1 aromatic heterocycles. The molecular formula is C18H18N4O4. The summed E-state index contributed by atoms with van der Waals surface area (Å²) in [6, 6.07) is 13.5. The number of hydrogen-bond donors (Lipinski definition) is 1. The third-order valence-corrected chi connectivity index (χ3v) is 3.92. The summed E-state index contributed by atoms with van der Waals surface area (Å²) in [5.74, 6) is -0.0479. The third kappa shape index (κ3) is 3.40. The fourth-order valence-electron chi connectivity index (χ4n) is 2.70. The van der Waals surface area contributed by atoms with Crippen molar-refractivity contribution in [1.29, 1.82) is 0 Å². The Bertz CT molecular complexity index is 965. The quantitative estimate of drug-likeness (QED) is 0.287. The van der Waals surface area contributed by atoms with Gasteiger partial charge < -0.3 is 14.4 Å². The molecule has 3 aromatic rings. The maximum absolute atomic E-state index is 11.1. The summed E-state index contributed by atoms with van der Waals surface area (Å²) in [5.41, 5.74) is 1.05. The molecule has 0 radical (unpaired) electrons. The van der Waals surface area contributed by atoms with Crippen LogP contribution in [0.25, 0.3) is 10.9 Å². The van der Waals surface area contributed by atoms with Crippen molar-refractivity contribution in [2.24, 2.45) is 10.2 Å². The van der Waals surface area contributed by atoms with Crippen molar-refractivity contribution in [3.05, 3.63) is 58.6 Å². The number of fused-ring (bicyclic) bond motifs is 1. The van der Waals surface area contributed by atoms with E-state index in [0.717, 1.165) is 5.52 Å². The average Bonchev–Trinajstić information content (AvgIpc) is 2.92. The normalized spacial score (nSPS) is 11.4. The number of benzene rings is 2. The van der Waals surface area contributed by atoms with E-state index in [2.05, 4.69) is 10.2 Å². The lowest BCUT2D eigenvalue weighted by Gasteiger charge is -2.06. The molecule has 0 atom stereocenters. The first kappa shape index (κ1) is 17.6. The highest BCUT2D eigenvalue weighted by Crippen LogP contribution is 2.40. The highest BCUT2D eigenvalue weighted by molar-refractivity contribution is 5.95. The summed E-state index contributed by atoms with van der Waals surface area (Å²) < 4.78 is 7.05. The van der Waals surface area contributed by atoms with Gasteiger partial charge in [0.05, 0.1) is 17.0 Å². The standard InChI is InChI=1S/C18H18N4O4/c1-2-26-12-11-21-15-9-5-3-7-13(15)17(18(21)23)20-19-14-8-4-6-10-16(14)22(24)25/h3-10,23H,2,11-12H2,1H3. The number of para-hydroxylation sites is 2. The van der Waals surface area contributed by atoms with E-state index in [4.69, 9.17) is 4.74 Å². The predicted octanol–water partition coefficient (Wildman–Crippen LogP) is 4.71. The largest absolute Gasteiger partial charge is 0.493 e. The highest BCUT2D eigenvalue weighted by atomic mass is 16.6. The van der Waals surface area contributed by atoms with Crippen LogP contribution >= 0.6 is 0 Å². The summed E-state index contributed by atoms with van der Waals surface area (Å²) in [5, 5.41) is 30.5. The lowest BCUT2D eigenvalue weighted by Crippen LogP contribution is -2.05. The van der Waals surface area contributed by atoms with Crippen molar-refractivity contribution >= 4 is 28.0 Å². The van der Waals surface area contributed by atoms with E-state index < -0.39 is 4.92 Å². The minimum Gasteiger partial charge on any atom is -0.493 e. The van der Waals surface area contributed by atoms with E-state index in [0.29, 0.717) is 25.1 Å². The fourth-order valence-corrected chi connectivity index (χ4v) is 2.70. The number of hydrogen-bond acceptors (Lipinski definition) is 6. The number of nitrogens with zero attached hydrogens (tertiary/aromatic N) is 4. The van der Waals surface area contributed by atoms with Crippen molar-refractivity contribution in [2.75, 3.05) is 13.2 Å². The Labute approximate surface area is 149 Å². The van der Waals surface area contributed by atoms with Crippen molar-refractivity contribution in [3.63, 3.8) is 0 Å². The van der Waals surface area contributed by atoms with Gasteiger partial charge in [0, 0.05) is 24.6 Å². The lowest BCUT2D eigenvalue weighted by atomic mass is 10.2. The topological polar surface area (TPSA) is 102 Å². The molecule has 8 nitrogen and oxygen atoms in total. The summed E-state index contributed by atoms with van der Waals surface area (Å²) in [6.07, 6.45) is 0. The number of rotatable bonds is 7. The Morgan fingerprint density at radius 1 is 1.15 bits per heavy atom. The SMILES string of the molecule is CCOCCn1c(O)c(N=Nc2ccccc2[N+](=O)[O-])c2ccccc21. The molecule has 0 aliphatic rings. The minimum absolute atomic E-state index is 0.0479. The van der Waals surface area contributed by atoms with Gasteiger partial charge in [-0.15, -0.1) is 10.2 Å². The molecule has 8 heteroatoms. The second-order valence-corrected chi connectivity index (χ2v) is 5.48. The van der Waals surface area contributed by atoms with E-state index in [1.807, 2.05) is 31.2 Å². The van der Waals surface area contributed by atoms with Crippen molar-refractivity contribution in [2.45, 2.75) is 13.5 Å². The molecule has 134 valence electrons. The van der Waals surface area contributed by atoms with Gasteiger partial charge in [0.25, 0.3) is 5.69 Å². The van der Waals surface area contributed by atoms with Crippen molar-refractivity contribution in [1.82, 2.24) is 4.57 Å². The number of nitro groups is 1. The van der Waals surface area contributed by atoms with Crippen LogP contribution < -0.4 is 0 Å². The van der Waals surface area contributed by atoms with Crippen LogP contribution in [0.5, 0.6) is 5.88 Å². The van der Waals surface area contributed by atoms with Crippen LogP contribution in [0.2, 0.25) is 0 Å². The molecule has 0 saturated carbocycles. The Morgan fingerprint density at radius 2 is 1.88 bits per heavy atom. The molecule has 0 aliphatic heterocycles. The molecule has 26 heavy (non-hydrogen) atoms. The first-order chi connectivity index (χ1) is 12.6. The van der Waals surface area contributed by atoms with Gasteiger partial charge >= 0.3 is 0 Å². The number of aromatic hydroxyl groups is 1. The second-order valence-electron chi connectivity index (χ2n) is 5.48. The molecule has 0 spiro atoms.